The van der Waals surface area contributed by atoms with Gasteiger partial charge in [-0.15, -0.1) is 0 Å². The molecule has 1 aliphatic heterocycles. The van der Waals surface area contributed by atoms with Crippen LogP contribution in [0, 0.1) is 13.8 Å². The van der Waals surface area contributed by atoms with E-state index >= 15 is 0 Å². The lowest BCUT2D eigenvalue weighted by Gasteiger charge is -2.38. The van der Waals surface area contributed by atoms with Crippen LogP contribution in [0.15, 0.2) is 66.7 Å². The van der Waals surface area contributed by atoms with E-state index in [4.69, 9.17) is 0 Å². The first-order valence-electron chi connectivity index (χ1n) is 10.7. The Hall–Kier alpha value is -3.80. The standard InChI is InChI=1S/C26H27N3O3/c1-18-7-6-10-24(19(18)2)29-15-13-28(14-16-29)21-11-12-23(22(17-21)26(31)32)27-25(30)20-8-4-3-5-9-20/h3-12,17H,13-16H2,1-2H3,(H,27,30)(H,31,32). The van der Waals surface area contributed by atoms with Gasteiger partial charge in [0.1, 0.15) is 0 Å². The number of nitrogens with zero attached hydrogens (tertiary/aromatic N) is 2. The number of carbonyl (C=O) groups is 2. The van der Waals surface area contributed by atoms with Gasteiger partial charge in [-0.1, -0.05) is 30.3 Å². The van der Waals surface area contributed by atoms with Crippen LogP contribution in [0.3, 0.4) is 0 Å². The molecule has 4 rings (SSSR count). The Kier molecular flexibility index (Phi) is 6.12. The third-order valence-corrected chi connectivity index (χ3v) is 6.08. The van der Waals surface area contributed by atoms with Crippen molar-refractivity contribution in [3.63, 3.8) is 0 Å². The Morgan fingerprint density at radius 1 is 0.844 bits per heavy atom. The Balaban J connectivity index is 1.49. The van der Waals surface area contributed by atoms with Crippen LogP contribution in [-0.2, 0) is 0 Å². The van der Waals surface area contributed by atoms with Crippen LogP contribution in [0.1, 0.15) is 31.8 Å². The molecule has 0 radical (unpaired) electrons. The zero-order valence-corrected chi connectivity index (χ0v) is 18.3. The van der Waals surface area contributed by atoms with Crippen LogP contribution in [0.2, 0.25) is 0 Å². The van der Waals surface area contributed by atoms with Crippen molar-refractivity contribution in [1.29, 1.82) is 0 Å². The summed E-state index contributed by atoms with van der Waals surface area (Å²) in [5.41, 5.74) is 5.55. The van der Waals surface area contributed by atoms with Crippen molar-refractivity contribution in [2.45, 2.75) is 13.8 Å². The average molecular weight is 430 g/mol. The highest BCUT2D eigenvalue weighted by Gasteiger charge is 2.21. The molecule has 0 bridgehead atoms. The number of carboxylic acids is 1. The normalized spacial score (nSPS) is 13.7. The Labute approximate surface area is 188 Å². The maximum Gasteiger partial charge on any atom is 0.337 e. The number of hydrogen-bond donors (Lipinski definition) is 2. The van der Waals surface area contributed by atoms with E-state index in [1.54, 1.807) is 36.4 Å². The van der Waals surface area contributed by atoms with Crippen molar-refractivity contribution in [3.8, 4) is 0 Å². The van der Waals surface area contributed by atoms with Gasteiger partial charge in [0.15, 0.2) is 0 Å². The molecule has 0 unspecified atom stereocenters. The molecule has 2 N–H and O–H groups in total. The quantitative estimate of drug-likeness (QED) is 0.621. The smallest absolute Gasteiger partial charge is 0.337 e. The topological polar surface area (TPSA) is 72.9 Å². The minimum Gasteiger partial charge on any atom is -0.478 e. The molecule has 164 valence electrons. The molecule has 0 saturated carbocycles. The van der Waals surface area contributed by atoms with E-state index in [0.29, 0.717) is 11.3 Å². The van der Waals surface area contributed by atoms with Crippen LogP contribution in [-0.4, -0.2) is 43.2 Å². The molecule has 1 fully saturated rings. The van der Waals surface area contributed by atoms with E-state index in [-0.39, 0.29) is 11.5 Å². The lowest BCUT2D eigenvalue weighted by molar-refractivity contribution is 0.0698. The third kappa shape index (κ3) is 4.44. The first kappa shape index (κ1) is 21.4. The van der Waals surface area contributed by atoms with Gasteiger partial charge in [-0.2, -0.15) is 0 Å². The maximum atomic E-state index is 12.5. The number of anilines is 3. The number of benzene rings is 3. The van der Waals surface area contributed by atoms with Crippen LogP contribution < -0.4 is 15.1 Å². The summed E-state index contributed by atoms with van der Waals surface area (Å²) in [6.45, 7) is 7.59. The molecule has 0 spiro atoms. The van der Waals surface area contributed by atoms with Crippen molar-refractivity contribution in [3.05, 3.63) is 89.0 Å². The van der Waals surface area contributed by atoms with Gasteiger partial charge in [0.25, 0.3) is 5.91 Å². The van der Waals surface area contributed by atoms with E-state index in [1.165, 1.54) is 16.8 Å². The molecule has 1 saturated heterocycles. The summed E-state index contributed by atoms with van der Waals surface area (Å²) < 4.78 is 0. The number of nitrogens with one attached hydrogen (secondary N) is 1. The molecular formula is C26H27N3O3. The predicted molar refractivity (Wildman–Crippen MR) is 128 cm³/mol. The Morgan fingerprint density at radius 3 is 2.22 bits per heavy atom. The molecule has 6 heteroatoms. The second kappa shape index (κ2) is 9.14. The van der Waals surface area contributed by atoms with Gasteiger partial charge in [0.05, 0.1) is 11.3 Å². The van der Waals surface area contributed by atoms with Crippen molar-refractivity contribution in [2.75, 3.05) is 41.3 Å². The number of amides is 1. The molecule has 0 atom stereocenters. The predicted octanol–water partition coefficient (Wildman–Crippen LogP) is 4.58. The van der Waals surface area contributed by atoms with E-state index in [1.807, 2.05) is 12.1 Å². The van der Waals surface area contributed by atoms with Crippen molar-refractivity contribution < 1.29 is 14.7 Å². The second-order valence-corrected chi connectivity index (χ2v) is 8.05. The van der Waals surface area contributed by atoms with E-state index < -0.39 is 5.97 Å². The summed E-state index contributed by atoms with van der Waals surface area (Å²) in [6, 6.07) is 20.3. The fraction of sp³-hybridized carbons (Fsp3) is 0.231. The van der Waals surface area contributed by atoms with Crippen LogP contribution >= 0.6 is 0 Å². The maximum absolute atomic E-state index is 12.5. The molecule has 32 heavy (non-hydrogen) atoms. The fourth-order valence-electron chi connectivity index (χ4n) is 4.08. The minimum atomic E-state index is -1.07. The van der Waals surface area contributed by atoms with E-state index in [9.17, 15) is 14.7 Å². The molecular weight excluding hydrogens is 402 g/mol. The number of piperazine rings is 1. The van der Waals surface area contributed by atoms with Crippen LogP contribution in [0.25, 0.3) is 0 Å². The summed E-state index contributed by atoms with van der Waals surface area (Å²) in [4.78, 5) is 29.0. The Morgan fingerprint density at radius 2 is 1.53 bits per heavy atom. The zero-order valence-electron chi connectivity index (χ0n) is 18.3. The van der Waals surface area contributed by atoms with Gasteiger partial charge in [-0.3, -0.25) is 4.79 Å². The summed E-state index contributed by atoms with van der Waals surface area (Å²) in [5, 5.41) is 12.5. The number of carboxylic acid groups (broad SMARTS) is 1. The number of carbonyl (C=O) groups excluding carboxylic acids is 1. The second-order valence-electron chi connectivity index (χ2n) is 8.05. The minimum absolute atomic E-state index is 0.0868. The van der Waals surface area contributed by atoms with Crippen LogP contribution in [0.5, 0.6) is 0 Å². The lowest BCUT2D eigenvalue weighted by Crippen LogP contribution is -2.46. The zero-order chi connectivity index (χ0) is 22.7. The summed E-state index contributed by atoms with van der Waals surface area (Å²) >= 11 is 0. The molecule has 3 aromatic carbocycles. The number of aryl methyl sites for hydroxylation is 1. The Bertz CT molecular complexity index is 1140. The van der Waals surface area contributed by atoms with Crippen molar-refractivity contribution in [1.82, 2.24) is 0 Å². The number of aromatic carboxylic acids is 1. The molecule has 1 heterocycles. The molecule has 0 aromatic heterocycles. The molecule has 0 aliphatic carbocycles. The molecule has 1 aliphatic rings. The van der Waals surface area contributed by atoms with Gasteiger partial charge in [0, 0.05) is 43.1 Å². The first-order valence-corrected chi connectivity index (χ1v) is 10.7. The van der Waals surface area contributed by atoms with Gasteiger partial charge >= 0.3 is 5.97 Å². The summed E-state index contributed by atoms with van der Waals surface area (Å²) in [5.74, 6) is -1.40. The van der Waals surface area contributed by atoms with Gasteiger partial charge in [-0.05, 0) is 61.4 Å². The van der Waals surface area contributed by atoms with Crippen LogP contribution in [0.4, 0.5) is 17.1 Å². The average Bonchev–Trinajstić information content (AvgIpc) is 2.81. The van der Waals surface area contributed by atoms with E-state index in [0.717, 1.165) is 31.9 Å². The highest BCUT2D eigenvalue weighted by molar-refractivity contribution is 6.08. The molecule has 3 aromatic rings. The lowest BCUT2D eigenvalue weighted by atomic mass is 10.1. The highest BCUT2D eigenvalue weighted by Crippen LogP contribution is 2.28. The monoisotopic (exact) mass is 429 g/mol. The molecule has 1 amide bonds. The van der Waals surface area contributed by atoms with Crippen molar-refractivity contribution >= 4 is 28.9 Å². The first-order chi connectivity index (χ1) is 15.4. The highest BCUT2D eigenvalue weighted by atomic mass is 16.4. The van der Waals surface area contributed by atoms with E-state index in [2.05, 4.69) is 47.2 Å². The number of rotatable bonds is 5. The van der Waals surface area contributed by atoms with Crippen molar-refractivity contribution in [2.24, 2.45) is 0 Å². The van der Waals surface area contributed by atoms with Gasteiger partial charge in [-0.25, -0.2) is 4.79 Å². The SMILES string of the molecule is Cc1cccc(N2CCN(c3ccc(NC(=O)c4ccccc4)c(C(=O)O)c3)CC2)c1C. The summed E-state index contributed by atoms with van der Waals surface area (Å²) in [6.07, 6.45) is 0. The number of hydrogen-bond acceptors (Lipinski definition) is 4. The largest absolute Gasteiger partial charge is 0.478 e. The van der Waals surface area contributed by atoms with Gasteiger partial charge < -0.3 is 20.2 Å². The molecule has 6 nitrogen and oxygen atoms in total. The summed E-state index contributed by atoms with van der Waals surface area (Å²) in [7, 11) is 0. The fourth-order valence-corrected chi connectivity index (χ4v) is 4.08. The third-order valence-electron chi connectivity index (χ3n) is 6.08. The van der Waals surface area contributed by atoms with Gasteiger partial charge in [0.2, 0.25) is 0 Å².